The van der Waals surface area contributed by atoms with E-state index in [-0.39, 0.29) is 25.3 Å². The highest BCUT2D eigenvalue weighted by Gasteiger charge is 2.44. The van der Waals surface area contributed by atoms with Crippen molar-refractivity contribution in [3.63, 3.8) is 0 Å². The quantitative estimate of drug-likeness (QED) is 0.218. The van der Waals surface area contributed by atoms with Crippen LogP contribution in [0.3, 0.4) is 0 Å². The molecule has 9 nitrogen and oxygen atoms in total. The van der Waals surface area contributed by atoms with Crippen molar-refractivity contribution in [1.82, 2.24) is 10.6 Å². The van der Waals surface area contributed by atoms with E-state index in [1.807, 2.05) is 0 Å². The Kier molecular flexibility index (Phi) is 6.55. The summed E-state index contributed by atoms with van der Waals surface area (Å²) in [6.07, 6.45) is 1.91. The van der Waals surface area contributed by atoms with Crippen molar-refractivity contribution in [2.75, 3.05) is 6.54 Å². The maximum atomic E-state index is 12.3. The Morgan fingerprint density at radius 1 is 1.39 bits per heavy atom. The molecular formula is C14H23N5O4. The second-order valence-electron chi connectivity index (χ2n) is 5.50. The average molecular weight is 325 g/mol. The number of nitrogens with zero attached hydrogens (tertiary/aromatic N) is 1. The molecule has 7 N–H and O–H groups in total. The molecule has 0 saturated heterocycles. The fourth-order valence-corrected chi connectivity index (χ4v) is 2.82. The number of nitrogens with one attached hydrogen (secondary N) is 2. The maximum absolute atomic E-state index is 12.3. The number of carbonyl (C=O) groups is 3. The van der Waals surface area contributed by atoms with Crippen LogP contribution < -0.4 is 22.1 Å². The SMILES string of the molecule is C=CCNC(=O)C(NC(C)=O)[C@H]1CC(C(=O)O)C[C@@H]1N=C(N)N. The van der Waals surface area contributed by atoms with E-state index >= 15 is 0 Å². The molecule has 0 bridgehead atoms. The highest BCUT2D eigenvalue weighted by Crippen LogP contribution is 2.36. The Hall–Kier alpha value is -2.58. The molecule has 1 aliphatic carbocycles. The van der Waals surface area contributed by atoms with Crippen molar-refractivity contribution < 1.29 is 19.5 Å². The fraction of sp³-hybridized carbons (Fsp3) is 0.571. The minimum Gasteiger partial charge on any atom is -0.481 e. The van der Waals surface area contributed by atoms with Crippen molar-refractivity contribution in [1.29, 1.82) is 0 Å². The smallest absolute Gasteiger partial charge is 0.306 e. The first-order valence-corrected chi connectivity index (χ1v) is 7.23. The first-order valence-electron chi connectivity index (χ1n) is 7.23. The normalized spacial score (nSPS) is 24.3. The molecule has 9 heteroatoms. The van der Waals surface area contributed by atoms with Crippen LogP contribution in [0.1, 0.15) is 19.8 Å². The van der Waals surface area contributed by atoms with Gasteiger partial charge in [-0.25, -0.2) is 4.99 Å². The Morgan fingerprint density at radius 3 is 2.52 bits per heavy atom. The molecule has 0 aliphatic heterocycles. The van der Waals surface area contributed by atoms with Gasteiger partial charge in [-0.15, -0.1) is 6.58 Å². The summed E-state index contributed by atoms with van der Waals surface area (Å²) in [6, 6.07) is -1.46. The van der Waals surface area contributed by atoms with Crippen molar-refractivity contribution in [2.24, 2.45) is 28.3 Å². The van der Waals surface area contributed by atoms with Gasteiger partial charge in [-0.2, -0.15) is 0 Å². The molecule has 128 valence electrons. The zero-order valence-electron chi connectivity index (χ0n) is 13.0. The average Bonchev–Trinajstić information content (AvgIpc) is 2.85. The zero-order valence-corrected chi connectivity index (χ0v) is 13.0. The number of carboxylic acids is 1. The molecule has 2 amide bonds. The minimum atomic E-state index is -0.976. The third-order valence-electron chi connectivity index (χ3n) is 3.73. The highest BCUT2D eigenvalue weighted by molar-refractivity contribution is 5.87. The van der Waals surface area contributed by atoms with Crippen LogP contribution in [0.25, 0.3) is 0 Å². The first kappa shape index (κ1) is 18.5. The number of carbonyl (C=O) groups excluding carboxylic acids is 2. The standard InChI is InChI=1S/C14H23N5O4/c1-3-4-17-12(21)11(18-7(2)20)9-5-8(13(22)23)6-10(9)19-14(15)16/h3,8-11H,1,4-6H2,2H3,(H,17,21)(H,18,20)(H,22,23)(H4,15,16,19)/t8?,9-,10-,11?/m0/s1. The third-order valence-corrected chi connectivity index (χ3v) is 3.73. The van der Waals surface area contributed by atoms with Gasteiger partial charge in [0, 0.05) is 19.4 Å². The van der Waals surface area contributed by atoms with Crippen LogP contribution in [0.15, 0.2) is 17.6 Å². The Labute approximate surface area is 134 Å². The minimum absolute atomic E-state index is 0.181. The molecule has 0 aromatic carbocycles. The lowest BCUT2D eigenvalue weighted by Crippen LogP contribution is -2.52. The van der Waals surface area contributed by atoms with Crippen molar-refractivity contribution >= 4 is 23.7 Å². The van der Waals surface area contributed by atoms with Gasteiger partial charge in [0.2, 0.25) is 11.8 Å². The molecule has 0 radical (unpaired) electrons. The van der Waals surface area contributed by atoms with Gasteiger partial charge in [-0.3, -0.25) is 14.4 Å². The topological polar surface area (TPSA) is 160 Å². The van der Waals surface area contributed by atoms with Gasteiger partial charge in [0.25, 0.3) is 0 Å². The van der Waals surface area contributed by atoms with Crippen LogP contribution in [0.5, 0.6) is 0 Å². The van der Waals surface area contributed by atoms with Gasteiger partial charge in [0.1, 0.15) is 6.04 Å². The zero-order chi connectivity index (χ0) is 17.6. The number of aliphatic carboxylic acids is 1. The molecule has 1 aliphatic rings. The number of guanidine groups is 1. The number of carboxylic acid groups (broad SMARTS) is 1. The molecule has 0 spiro atoms. The first-order chi connectivity index (χ1) is 10.8. The summed E-state index contributed by atoms with van der Waals surface area (Å²) in [7, 11) is 0. The molecule has 1 saturated carbocycles. The lowest BCUT2D eigenvalue weighted by atomic mass is 9.93. The van der Waals surface area contributed by atoms with Crippen molar-refractivity contribution in [3.8, 4) is 0 Å². The highest BCUT2D eigenvalue weighted by atomic mass is 16.4. The van der Waals surface area contributed by atoms with Crippen molar-refractivity contribution in [2.45, 2.75) is 31.8 Å². The van der Waals surface area contributed by atoms with Gasteiger partial charge in [0.05, 0.1) is 12.0 Å². The second kappa shape index (κ2) is 8.16. The van der Waals surface area contributed by atoms with E-state index in [9.17, 15) is 19.5 Å². The summed E-state index contributed by atoms with van der Waals surface area (Å²) < 4.78 is 0. The fourth-order valence-electron chi connectivity index (χ4n) is 2.82. The molecule has 1 rings (SSSR count). The molecular weight excluding hydrogens is 302 g/mol. The lowest BCUT2D eigenvalue weighted by Gasteiger charge is -2.26. The molecule has 4 atom stereocenters. The van der Waals surface area contributed by atoms with E-state index in [0.717, 1.165) is 0 Å². The summed E-state index contributed by atoms with van der Waals surface area (Å²) in [5.41, 5.74) is 10.8. The van der Waals surface area contributed by atoms with E-state index < -0.39 is 41.7 Å². The Bertz CT molecular complexity index is 515. The van der Waals surface area contributed by atoms with Gasteiger partial charge in [-0.05, 0) is 12.8 Å². The summed E-state index contributed by atoms with van der Waals surface area (Å²) in [6.45, 7) is 5.02. The van der Waals surface area contributed by atoms with Crippen LogP contribution in [0.2, 0.25) is 0 Å². The van der Waals surface area contributed by atoms with Gasteiger partial charge >= 0.3 is 5.97 Å². The van der Waals surface area contributed by atoms with E-state index in [1.165, 1.54) is 13.0 Å². The lowest BCUT2D eigenvalue weighted by molar-refractivity contribution is -0.141. The molecule has 23 heavy (non-hydrogen) atoms. The van der Waals surface area contributed by atoms with Crippen LogP contribution in [0, 0.1) is 11.8 Å². The van der Waals surface area contributed by atoms with E-state index in [2.05, 4.69) is 22.2 Å². The molecule has 1 fully saturated rings. The van der Waals surface area contributed by atoms with Crippen molar-refractivity contribution in [3.05, 3.63) is 12.7 Å². The van der Waals surface area contributed by atoms with Crippen LogP contribution in [0.4, 0.5) is 0 Å². The largest absolute Gasteiger partial charge is 0.481 e. The third kappa shape index (κ3) is 5.28. The molecule has 0 aromatic heterocycles. The van der Waals surface area contributed by atoms with Gasteiger partial charge in [0.15, 0.2) is 5.96 Å². The van der Waals surface area contributed by atoms with Crippen LogP contribution in [-0.4, -0.2) is 47.5 Å². The summed E-state index contributed by atoms with van der Waals surface area (Å²) in [4.78, 5) is 39.0. The van der Waals surface area contributed by atoms with Crippen LogP contribution in [-0.2, 0) is 14.4 Å². The number of amides is 2. The Morgan fingerprint density at radius 2 is 2.04 bits per heavy atom. The van der Waals surface area contributed by atoms with E-state index in [1.54, 1.807) is 0 Å². The van der Waals surface area contributed by atoms with E-state index in [4.69, 9.17) is 11.5 Å². The molecule has 0 aromatic rings. The Balaban J connectivity index is 3.05. The predicted octanol–water partition coefficient (Wildman–Crippen LogP) is -1.45. The molecule has 0 heterocycles. The van der Waals surface area contributed by atoms with Gasteiger partial charge < -0.3 is 27.2 Å². The van der Waals surface area contributed by atoms with Crippen LogP contribution >= 0.6 is 0 Å². The summed E-state index contributed by atoms with van der Waals surface area (Å²) in [5, 5.41) is 14.4. The number of aliphatic imine (C=N–C) groups is 1. The van der Waals surface area contributed by atoms with Gasteiger partial charge in [-0.1, -0.05) is 6.08 Å². The number of nitrogens with two attached hydrogens (primary N) is 2. The summed E-state index contributed by atoms with van der Waals surface area (Å²) >= 11 is 0. The monoisotopic (exact) mass is 325 g/mol. The number of hydrogen-bond acceptors (Lipinski definition) is 4. The number of rotatable bonds is 7. The number of hydrogen-bond donors (Lipinski definition) is 5. The predicted molar refractivity (Wildman–Crippen MR) is 84.3 cm³/mol. The maximum Gasteiger partial charge on any atom is 0.306 e. The molecule has 2 unspecified atom stereocenters. The summed E-state index contributed by atoms with van der Waals surface area (Å²) in [5.74, 6) is -3.16. The van der Waals surface area contributed by atoms with E-state index in [0.29, 0.717) is 0 Å². The second-order valence-corrected chi connectivity index (χ2v) is 5.50.